The van der Waals surface area contributed by atoms with E-state index in [1.165, 1.54) is 30.7 Å². The van der Waals surface area contributed by atoms with Crippen LogP contribution in [0.5, 0.6) is 5.75 Å². The molecule has 0 bridgehead atoms. The van der Waals surface area contributed by atoms with Gasteiger partial charge >= 0.3 is 5.97 Å². The first-order chi connectivity index (χ1) is 15.2. The number of methoxy groups -OCH3 is 2. The zero-order valence-electron chi connectivity index (χ0n) is 18.3. The molecule has 3 rings (SSSR count). The van der Waals surface area contributed by atoms with E-state index in [4.69, 9.17) is 9.47 Å². The lowest BCUT2D eigenvalue weighted by Crippen LogP contribution is -2.33. The van der Waals surface area contributed by atoms with E-state index in [1.807, 2.05) is 37.3 Å². The molecule has 0 N–H and O–H groups in total. The number of ether oxygens (including phenoxy) is 2. The molecule has 0 radical (unpaired) electrons. The Morgan fingerprint density at radius 2 is 1.59 bits per heavy atom. The molecular formula is C24H24BrNO5S. The van der Waals surface area contributed by atoms with Crippen molar-refractivity contribution in [1.82, 2.24) is 0 Å². The Morgan fingerprint density at radius 3 is 2.16 bits per heavy atom. The van der Waals surface area contributed by atoms with Crippen molar-refractivity contribution in [2.24, 2.45) is 0 Å². The molecule has 3 aromatic rings. The lowest BCUT2D eigenvalue weighted by atomic mass is 10.0. The standard InChI is InChI=1S/C24H24BrNO5S/c1-16-13-17(2)23(22(14-16)24(27)31-4)26(15-18-5-7-19(25)8-6-18)32(28,29)21-11-9-20(30-3)10-12-21/h5-14H,15H2,1-4H3. The third-order valence-corrected chi connectivity index (χ3v) is 7.27. The number of anilines is 1. The van der Waals surface area contributed by atoms with E-state index in [0.717, 1.165) is 15.6 Å². The summed E-state index contributed by atoms with van der Waals surface area (Å²) >= 11 is 3.40. The van der Waals surface area contributed by atoms with Gasteiger partial charge in [0.05, 0.1) is 36.9 Å². The third kappa shape index (κ3) is 4.97. The van der Waals surface area contributed by atoms with Crippen molar-refractivity contribution in [3.63, 3.8) is 0 Å². The lowest BCUT2D eigenvalue weighted by Gasteiger charge is -2.28. The molecule has 0 fully saturated rings. The molecular weight excluding hydrogens is 494 g/mol. The average molecular weight is 518 g/mol. The molecule has 0 aliphatic rings. The normalized spacial score (nSPS) is 11.2. The topological polar surface area (TPSA) is 72.9 Å². The highest BCUT2D eigenvalue weighted by Gasteiger charge is 2.30. The molecule has 3 aromatic carbocycles. The maximum absolute atomic E-state index is 13.8. The number of esters is 1. The van der Waals surface area contributed by atoms with Crippen LogP contribution >= 0.6 is 15.9 Å². The Hall–Kier alpha value is -2.84. The van der Waals surface area contributed by atoms with Gasteiger partial charge in [-0.3, -0.25) is 4.31 Å². The van der Waals surface area contributed by atoms with Crippen LogP contribution < -0.4 is 9.04 Å². The Kier molecular flexibility index (Phi) is 7.26. The fourth-order valence-electron chi connectivity index (χ4n) is 3.47. The Morgan fingerprint density at radius 1 is 0.969 bits per heavy atom. The number of aryl methyl sites for hydroxylation is 2. The highest BCUT2D eigenvalue weighted by molar-refractivity contribution is 9.10. The molecule has 8 heteroatoms. The second-order valence-corrected chi connectivity index (χ2v) is 10.1. The molecule has 0 amide bonds. The summed E-state index contributed by atoms with van der Waals surface area (Å²) in [6, 6.07) is 17.0. The van der Waals surface area contributed by atoms with Gasteiger partial charge in [0, 0.05) is 4.47 Å². The van der Waals surface area contributed by atoms with E-state index in [-0.39, 0.29) is 17.0 Å². The fraction of sp³-hybridized carbons (Fsp3) is 0.208. The minimum atomic E-state index is -4.03. The highest BCUT2D eigenvalue weighted by atomic mass is 79.9. The van der Waals surface area contributed by atoms with Crippen LogP contribution in [0.25, 0.3) is 0 Å². The van der Waals surface area contributed by atoms with Gasteiger partial charge in [-0.05, 0) is 73.0 Å². The molecule has 0 saturated heterocycles. The predicted molar refractivity (Wildman–Crippen MR) is 128 cm³/mol. The van der Waals surface area contributed by atoms with Crippen LogP contribution in [0, 0.1) is 13.8 Å². The first kappa shape index (κ1) is 23.8. The highest BCUT2D eigenvalue weighted by Crippen LogP contribution is 2.34. The van der Waals surface area contributed by atoms with Gasteiger partial charge in [-0.25, -0.2) is 13.2 Å². The molecule has 0 spiro atoms. The molecule has 32 heavy (non-hydrogen) atoms. The minimum absolute atomic E-state index is 0.0372. The van der Waals surface area contributed by atoms with Crippen LogP contribution in [0.3, 0.4) is 0 Å². The van der Waals surface area contributed by atoms with E-state index in [9.17, 15) is 13.2 Å². The first-order valence-corrected chi connectivity index (χ1v) is 12.0. The van der Waals surface area contributed by atoms with Crippen molar-refractivity contribution >= 4 is 37.6 Å². The van der Waals surface area contributed by atoms with Gasteiger partial charge in [0.1, 0.15) is 5.75 Å². The number of sulfonamides is 1. The molecule has 0 aliphatic carbocycles. The van der Waals surface area contributed by atoms with Crippen molar-refractivity contribution in [2.75, 3.05) is 18.5 Å². The number of hydrogen-bond acceptors (Lipinski definition) is 5. The quantitative estimate of drug-likeness (QED) is 0.399. The van der Waals surface area contributed by atoms with Crippen molar-refractivity contribution < 1.29 is 22.7 Å². The van der Waals surface area contributed by atoms with Gasteiger partial charge < -0.3 is 9.47 Å². The maximum atomic E-state index is 13.8. The van der Waals surface area contributed by atoms with E-state index in [2.05, 4.69) is 15.9 Å². The van der Waals surface area contributed by atoms with Gasteiger partial charge in [-0.15, -0.1) is 0 Å². The van der Waals surface area contributed by atoms with Crippen molar-refractivity contribution in [3.8, 4) is 5.75 Å². The Labute approximate surface area is 197 Å². The molecule has 0 aromatic heterocycles. The molecule has 6 nitrogen and oxygen atoms in total. The average Bonchev–Trinajstić information content (AvgIpc) is 2.78. The number of halogens is 1. The van der Waals surface area contributed by atoms with E-state index >= 15 is 0 Å². The lowest BCUT2D eigenvalue weighted by molar-refractivity contribution is 0.0601. The van der Waals surface area contributed by atoms with Crippen LogP contribution in [-0.4, -0.2) is 28.6 Å². The summed E-state index contributed by atoms with van der Waals surface area (Å²) in [5, 5.41) is 0. The van der Waals surface area contributed by atoms with E-state index in [1.54, 1.807) is 25.1 Å². The summed E-state index contributed by atoms with van der Waals surface area (Å²) in [5.41, 5.74) is 2.73. The SMILES string of the molecule is COC(=O)c1cc(C)cc(C)c1N(Cc1ccc(Br)cc1)S(=O)(=O)c1ccc(OC)cc1. The fourth-order valence-corrected chi connectivity index (χ4v) is 5.27. The van der Waals surface area contributed by atoms with Crippen LogP contribution in [0.15, 0.2) is 70.0 Å². The summed E-state index contributed by atoms with van der Waals surface area (Å²) < 4.78 is 39.9. The number of rotatable bonds is 7. The third-order valence-electron chi connectivity index (χ3n) is 4.99. The number of hydrogen-bond donors (Lipinski definition) is 0. The van der Waals surface area contributed by atoms with Crippen molar-refractivity contribution in [2.45, 2.75) is 25.3 Å². The number of carbonyl (C=O) groups excluding carboxylic acids is 1. The molecule has 0 aliphatic heterocycles. The second-order valence-electron chi connectivity index (χ2n) is 7.28. The zero-order valence-corrected chi connectivity index (χ0v) is 20.7. The number of benzene rings is 3. The van der Waals surface area contributed by atoms with Gasteiger partial charge in [0.15, 0.2) is 0 Å². The molecule has 0 saturated carbocycles. The van der Waals surface area contributed by atoms with Crippen molar-refractivity contribution in [1.29, 1.82) is 0 Å². The van der Waals surface area contributed by atoms with Gasteiger partial charge in [-0.2, -0.15) is 0 Å². The van der Waals surface area contributed by atoms with Crippen LogP contribution in [0.2, 0.25) is 0 Å². The first-order valence-electron chi connectivity index (χ1n) is 9.78. The molecule has 168 valence electrons. The molecule has 0 heterocycles. The minimum Gasteiger partial charge on any atom is -0.497 e. The summed E-state index contributed by atoms with van der Waals surface area (Å²) in [6.07, 6.45) is 0. The van der Waals surface area contributed by atoms with E-state index < -0.39 is 16.0 Å². The zero-order chi connectivity index (χ0) is 23.5. The van der Waals surface area contributed by atoms with Crippen LogP contribution in [0.1, 0.15) is 27.0 Å². The van der Waals surface area contributed by atoms with Gasteiger partial charge in [-0.1, -0.05) is 34.1 Å². The van der Waals surface area contributed by atoms with E-state index in [0.29, 0.717) is 17.0 Å². The Bertz CT molecular complexity index is 1220. The monoisotopic (exact) mass is 517 g/mol. The Balaban J connectivity index is 2.23. The summed E-state index contributed by atoms with van der Waals surface area (Å²) in [7, 11) is -1.23. The molecule has 0 unspecified atom stereocenters. The molecule has 0 atom stereocenters. The summed E-state index contributed by atoms with van der Waals surface area (Å²) in [5.74, 6) is -0.0530. The predicted octanol–water partition coefficient (Wildman–Crippen LogP) is 5.26. The van der Waals surface area contributed by atoms with Gasteiger partial charge in [0.2, 0.25) is 0 Å². The number of nitrogens with zero attached hydrogens (tertiary/aromatic N) is 1. The van der Waals surface area contributed by atoms with Crippen LogP contribution in [-0.2, 0) is 21.3 Å². The summed E-state index contributed by atoms with van der Waals surface area (Å²) in [4.78, 5) is 12.7. The summed E-state index contributed by atoms with van der Waals surface area (Å²) in [6.45, 7) is 3.67. The maximum Gasteiger partial charge on any atom is 0.340 e. The second kappa shape index (κ2) is 9.75. The van der Waals surface area contributed by atoms with Crippen molar-refractivity contribution in [3.05, 3.63) is 87.4 Å². The van der Waals surface area contributed by atoms with Crippen LogP contribution in [0.4, 0.5) is 5.69 Å². The largest absolute Gasteiger partial charge is 0.497 e. The van der Waals surface area contributed by atoms with Gasteiger partial charge in [0.25, 0.3) is 10.0 Å². The number of carbonyl (C=O) groups is 1. The smallest absolute Gasteiger partial charge is 0.340 e.